The monoisotopic (exact) mass is 462 g/mol. The van der Waals surface area contributed by atoms with Crippen LogP contribution in [0.2, 0.25) is 0 Å². The second kappa shape index (κ2) is 10.7. The highest BCUT2D eigenvalue weighted by atomic mass is 16.5. The molecule has 0 saturated carbocycles. The molecule has 0 bridgehead atoms. The minimum absolute atomic E-state index is 0.0504. The summed E-state index contributed by atoms with van der Waals surface area (Å²) in [6.45, 7) is 10.2. The van der Waals surface area contributed by atoms with Crippen LogP contribution in [0.15, 0.2) is 48.0 Å². The summed E-state index contributed by atoms with van der Waals surface area (Å²) in [4.78, 5) is 30.3. The standard InChI is InChI=1S/C27H34N4O3/c1-16(2)34-25-13-10-19(14-23(25)27(28)33)17(3)30-18(4)20-8-7-9-22-21(20)11-12-24(22)29-15-26(32)31(5)6/h7-10,13-14,16,24,29H,4,11-12,15H2,1-3,5-6H3,(H2,28,33). The van der Waals surface area contributed by atoms with Crippen molar-refractivity contribution in [2.24, 2.45) is 10.7 Å². The van der Waals surface area contributed by atoms with Crippen molar-refractivity contribution in [3.05, 3.63) is 70.8 Å². The van der Waals surface area contributed by atoms with Crippen LogP contribution in [0.25, 0.3) is 5.70 Å². The van der Waals surface area contributed by atoms with Gasteiger partial charge in [0.2, 0.25) is 5.91 Å². The van der Waals surface area contributed by atoms with E-state index in [9.17, 15) is 9.59 Å². The Bertz CT molecular complexity index is 1130. The molecule has 3 rings (SSSR count). The summed E-state index contributed by atoms with van der Waals surface area (Å²) in [5.74, 6) is -0.0317. The fourth-order valence-corrected chi connectivity index (χ4v) is 4.14. The summed E-state index contributed by atoms with van der Waals surface area (Å²) >= 11 is 0. The van der Waals surface area contributed by atoms with Crippen LogP contribution < -0.4 is 15.8 Å². The first-order valence-corrected chi connectivity index (χ1v) is 11.5. The average molecular weight is 463 g/mol. The number of hydrogen-bond donors (Lipinski definition) is 2. The number of hydrogen-bond acceptors (Lipinski definition) is 5. The number of likely N-dealkylation sites (N-methyl/N-ethyl adjacent to an activating group) is 1. The van der Waals surface area contributed by atoms with Gasteiger partial charge >= 0.3 is 0 Å². The number of nitrogens with two attached hydrogens (primary N) is 1. The summed E-state index contributed by atoms with van der Waals surface area (Å²) < 4.78 is 5.71. The van der Waals surface area contributed by atoms with E-state index in [1.54, 1.807) is 31.1 Å². The molecule has 2 aromatic rings. The number of aliphatic imine (C=N–C) groups is 1. The Morgan fingerprint density at radius 1 is 1.24 bits per heavy atom. The first kappa shape index (κ1) is 25.2. The molecule has 3 N–H and O–H groups in total. The van der Waals surface area contributed by atoms with E-state index < -0.39 is 5.91 Å². The van der Waals surface area contributed by atoms with Crippen LogP contribution in [0, 0.1) is 0 Å². The van der Waals surface area contributed by atoms with E-state index in [0.717, 1.165) is 29.7 Å². The highest BCUT2D eigenvalue weighted by Gasteiger charge is 2.25. The van der Waals surface area contributed by atoms with Gasteiger partial charge in [-0.05, 0) is 68.5 Å². The van der Waals surface area contributed by atoms with Gasteiger partial charge in [0, 0.05) is 31.4 Å². The second-order valence-electron chi connectivity index (χ2n) is 9.02. The topological polar surface area (TPSA) is 97.0 Å². The summed E-state index contributed by atoms with van der Waals surface area (Å²) in [5, 5.41) is 3.37. The van der Waals surface area contributed by atoms with Crippen LogP contribution in [-0.4, -0.2) is 49.2 Å². The van der Waals surface area contributed by atoms with Gasteiger partial charge in [0.15, 0.2) is 0 Å². The largest absolute Gasteiger partial charge is 0.490 e. The van der Waals surface area contributed by atoms with Crippen molar-refractivity contribution in [1.82, 2.24) is 10.2 Å². The molecule has 0 saturated heterocycles. The lowest BCUT2D eigenvalue weighted by molar-refractivity contribution is -0.127. The van der Waals surface area contributed by atoms with Crippen molar-refractivity contribution >= 4 is 23.2 Å². The van der Waals surface area contributed by atoms with Crippen LogP contribution in [-0.2, 0) is 11.2 Å². The maximum absolute atomic E-state index is 12.0. The number of nitrogens with zero attached hydrogens (tertiary/aromatic N) is 2. The number of ether oxygens (including phenoxy) is 1. The molecule has 34 heavy (non-hydrogen) atoms. The molecule has 0 aliphatic heterocycles. The van der Waals surface area contributed by atoms with Crippen molar-refractivity contribution in [1.29, 1.82) is 0 Å². The molecule has 1 aliphatic carbocycles. The Kier molecular flexibility index (Phi) is 7.89. The molecule has 7 nitrogen and oxygen atoms in total. The SMILES string of the molecule is C=C(N=C(C)c1ccc(OC(C)C)c(C(N)=O)c1)c1cccc2c1CCC2NCC(=O)N(C)C. The van der Waals surface area contributed by atoms with Crippen molar-refractivity contribution in [3.63, 3.8) is 0 Å². The Hall–Kier alpha value is -3.45. The number of carbonyl (C=O) groups is 2. The third-order valence-electron chi connectivity index (χ3n) is 5.91. The van der Waals surface area contributed by atoms with E-state index in [-0.39, 0.29) is 18.1 Å². The van der Waals surface area contributed by atoms with E-state index in [1.807, 2.05) is 39.0 Å². The number of fused-ring (bicyclic) bond motifs is 1. The third kappa shape index (κ3) is 5.72. The smallest absolute Gasteiger partial charge is 0.252 e. The minimum Gasteiger partial charge on any atom is -0.490 e. The Balaban J connectivity index is 1.83. The maximum Gasteiger partial charge on any atom is 0.252 e. The van der Waals surface area contributed by atoms with Gasteiger partial charge in [-0.25, -0.2) is 0 Å². The zero-order chi connectivity index (χ0) is 25.0. The van der Waals surface area contributed by atoms with E-state index >= 15 is 0 Å². The number of carbonyl (C=O) groups excluding carboxylic acids is 2. The second-order valence-corrected chi connectivity index (χ2v) is 9.02. The van der Waals surface area contributed by atoms with Gasteiger partial charge in [-0.3, -0.25) is 14.6 Å². The molecule has 0 fully saturated rings. The molecule has 2 amide bonds. The molecule has 0 radical (unpaired) electrons. The fourth-order valence-electron chi connectivity index (χ4n) is 4.14. The zero-order valence-corrected chi connectivity index (χ0v) is 20.6. The molecule has 0 aromatic heterocycles. The average Bonchev–Trinajstić information content (AvgIpc) is 3.20. The summed E-state index contributed by atoms with van der Waals surface area (Å²) in [5.41, 5.74) is 11.5. The molecule has 0 spiro atoms. The number of primary amides is 1. The van der Waals surface area contributed by atoms with Gasteiger partial charge in [-0.2, -0.15) is 0 Å². The third-order valence-corrected chi connectivity index (χ3v) is 5.91. The summed E-state index contributed by atoms with van der Waals surface area (Å²) in [6.07, 6.45) is 1.74. The summed E-state index contributed by atoms with van der Waals surface area (Å²) in [7, 11) is 3.51. The van der Waals surface area contributed by atoms with E-state index in [1.165, 1.54) is 11.1 Å². The highest BCUT2D eigenvalue weighted by Crippen LogP contribution is 2.36. The first-order valence-electron chi connectivity index (χ1n) is 11.5. The highest BCUT2D eigenvalue weighted by molar-refractivity contribution is 6.05. The summed E-state index contributed by atoms with van der Waals surface area (Å²) in [6, 6.07) is 11.6. The first-order chi connectivity index (χ1) is 16.1. The van der Waals surface area contributed by atoms with Gasteiger partial charge < -0.3 is 20.7 Å². The van der Waals surface area contributed by atoms with Gasteiger partial charge in [0.25, 0.3) is 5.91 Å². The van der Waals surface area contributed by atoms with Crippen LogP contribution in [0.5, 0.6) is 5.75 Å². The van der Waals surface area contributed by atoms with Crippen molar-refractivity contribution in [3.8, 4) is 5.75 Å². The molecular formula is C27H34N4O3. The fraction of sp³-hybridized carbons (Fsp3) is 0.370. The minimum atomic E-state index is -0.545. The molecule has 7 heteroatoms. The Morgan fingerprint density at radius 2 is 1.97 bits per heavy atom. The van der Waals surface area contributed by atoms with Crippen molar-refractivity contribution < 1.29 is 14.3 Å². The van der Waals surface area contributed by atoms with Gasteiger partial charge in [-0.1, -0.05) is 24.8 Å². The van der Waals surface area contributed by atoms with Crippen LogP contribution in [0.1, 0.15) is 65.8 Å². The molecule has 180 valence electrons. The molecule has 2 aromatic carbocycles. The van der Waals surface area contributed by atoms with Gasteiger partial charge in [0.1, 0.15) is 5.75 Å². The molecular weight excluding hydrogens is 428 g/mol. The number of rotatable bonds is 9. The maximum atomic E-state index is 12.0. The number of benzene rings is 2. The number of amides is 2. The predicted molar refractivity (Wildman–Crippen MR) is 136 cm³/mol. The van der Waals surface area contributed by atoms with Crippen LogP contribution in [0.4, 0.5) is 0 Å². The normalized spacial score (nSPS) is 15.2. The molecule has 0 heterocycles. The molecule has 1 atom stereocenters. The molecule has 1 aliphatic rings. The quantitative estimate of drug-likeness (QED) is 0.555. The lowest BCUT2D eigenvalue weighted by atomic mass is 10.00. The van der Waals surface area contributed by atoms with E-state index in [2.05, 4.69) is 18.0 Å². The lowest BCUT2D eigenvalue weighted by Crippen LogP contribution is -2.34. The van der Waals surface area contributed by atoms with Crippen molar-refractivity contribution in [2.75, 3.05) is 20.6 Å². The van der Waals surface area contributed by atoms with Crippen LogP contribution in [0.3, 0.4) is 0 Å². The van der Waals surface area contributed by atoms with Crippen molar-refractivity contribution in [2.45, 2.75) is 45.8 Å². The number of nitrogens with one attached hydrogen (secondary N) is 1. The van der Waals surface area contributed by atoms with Crippen LogP contribution >= 0.6 is 0 Å². The Morgan fingerprint density at radius 3 is 2.62 bits per heavy atom. The lowest BCUT2D eigenvalue weighted by Gasteiger charge is -2.17. The zero-order valence-electron chi connectivity index (χ0n) is 20.6. The predicted octanol–water partition coefficient (Wildman–Crippen LogP) is 3.72. The molecule has 1 unspecified atom stereocenters. The van der Waals surface area contributed by atoms with Gasteiger partial charge in [-0.15, -0.1) is 0 Å². The van der Waals surface area contributed by atoms with Gasteiger partial charge in [0.05, 0.1) is 23.9 Å². The van der Waals surface area contributed by atoms with E-state index in [0.29, 0.717) is 23.6 Å². The van der Waals surface area contributed by atoms with E-state index in [4.69, 9.17) is 15.5 Å². The Labute approximate surface area is 201 Å².